The SMILES string of the molecule is CCC(=O)c1ccn(CC(=O)NCCC(C)C)c1. The van der Waals surface area contributed by atoms with Crippen LogP contribution in [0, 0.1) is 5.92 Å². The molecule has 0 aliphatic rings. The second-order valence-electron chi connectivity index (χ2n) is 4.88. The fourth-order valence-electron chi connectivity index (χ4n) is 1.63. The molecule has 0 aliphatic carbocycles. The maximum absolute atomic E-state index is 11.6. The molecule has 0 unspecified atom stereocenters. The van der Waals surface area contributed by atoms with E-state index in [-0.39, 0.29) is 18.2 Å². The molecule has 1 aromatic heterocycles. The highest BCUT2D eigenvalue weighted by atomic mass is 16.2. The van der Waals surface area contributed by atoms with Gasteiger partial charge in [-0.2, -0.15) is 0 Å². The van der Waals surface area contributed by atoms with E-state index in [1.165, 1.54) is 0 Å². The van der Waals surface area contributed by atoms with E-state index in [1.807, 2.05) is 6.92 Å². The van der Waals surface area contributed by atoms with Crippen LogP contribution < -0.4 is 5.32 Å². The second-order valence-corrected chi connectivity index (χ2v) is 4.88. The topological polar surface area (TPSA) is 51.1 Å². The van der Waals surface area contributed by atoms with Crippen molar-refractivity contribution < 1.29 is 9.59 Å². The first-order chi connectivity index (χ1) is 8.52. The van der Waals surface area contributed by atoms with Crippen molar-refractivity contribution >= 4 is 11.7 Å². The summed E-state index contributed by atoms with van der Waals surface area (Å²) in [4.78, 5) is 23.1. The summed E-state index contributed by atoms with van der Waals surface area (Å²) in [7, 11) is 0. The summed E-state index contributed by atoms with van der Waals surface area (Å²) in [6.07, 6.45) is 4.97. The van der Waals surface area contributed by atoms with Gasteiger partial charge in [-0.1, -0.05) is 20.8 Å². The van der Waals surface area contributed by atoms with E-state index >= 15 is 0 Å². The van der Waals surface area contributed by atoms with Crippen LogP contribution in [0.4, 0.5) is 0 Å². The van der Waals surface area contributed by atoms with Crippen LogP contribution in [-0.2, 0) is 11.3 Å². The molecule has 1 aromatic rings. The number of aromatic nitrogens is 1. The van der Waals surface area contributed by atoms with Crippen molar-refractivity contribution in [2.45, 2.75) is 40.2 Å². The third-order valence-corrected chi connectivity index (χ3v) is 2.76. The van der Waals surface area contributed by atoms with Crippen molar-refractivity contribution in [3.05, 3.63) is 24.0 Å². The number of hydrogen-bond acceptors (Lipinski definition) is 2. The van der Waals surface area contributed by atoms with E-state index in [4.69, 9.17) is 0 Å². The molecule has 18 heavy (non-hydrogen) atoms. The molecule has 1 rings (SSSR count). The predicted octanol–water partition coefficient (Wildman–Crippen LogP) is 2.24. The zero-order valence-electron chi connectivity index (χ0n) is 11.4. The molecular weight excluding hydrogens is 228 g/mol. The van der Waals surface area contributed by atoms with Crippen molar-refractivity contribution in [3.8, 4) is 0 Å². The van der Waals surface area contributed by atoms with Gasteiger partial charge in [0, 0.05) is 30.9 Å². The van der Waals surface area contributed by atoms with Crippen LogP contribution in [0.25, 0.3) is 0 Å². The Morgan fingerprint density at radius 1 is 1.39 bits per heavy atom. The standard InChI is InChI=1S/C14H22N2O2/c1-4-13(17)12-6-8-16(9-12)10-14(18)15-7-5-11(2)3/h6,8-9,11H,4-5,7,10H2,1-3H3,(H,15,18). The Bertz CT molecular complexity index is 408. The molecule has 0 saturated heterocycles. The van der Waals surface area contributed by atoms with Crippen molar-refractivity contribution in [1.29, 1.82) is 0 Å². The van der Waals surface area contributed by atoms with Gasteiger partial charge in [-0.3, -0.25) is 9.59 Å². The lowest BCUT2D eigenvalue weighted by molar-refractivity contribution is -0.121. The Hall–Kier alpha value is -1.58. The lowest BCUT2D eigenvalue weighted by Crippen LogP contribution is -2.28. The number of Topliss-reactive ketones (excluding diaryl/α,β-unsaturated/α-hetero) is 1. The molecule has 1 amide bonds. The van der Waals surface area contributed by atoms with E-state index in [0.717, 1.165) is 6.42 Å². The Balaban J connectivity index is 2.40. The van der Waals surface area contributed by atoms with Crippen molar-refractivity contribution in [2.24, 2.45) is 5.92 Å². The zero-order valence-corrected chi connectivity index (χ0v) is 11.4. The summed E-state index contributed by atoms with van der Waals surface area (Å²) in [5.41, 5.74) is 0.674. The average Bonchev–Trinajstić information content (AvgIpc) is 2.76. The summed E-state index contributed by atoms with van der Waals surface area (Å²) in [6, 6.07) is 1.76. The van der Waals surface area contributed by atoms with Crippen LogP contribution in [0.3, 0.4) is 0 Å². The number of nitrogens with zero attached hydrogens (tertiary/aromatic N) is 1. The first-order valence-corrected chi connectivity index (χ1v) is 6.48. The third-order valence-electron chi connectivity index (χ3n) is 2.76. The minimum Gasteiger partial charge on any atom is -0.355 e. The number of rotatable bonds is 7. The van der Waals surface area contributed by atoms with Crippen LogP contribution in [0.15, 0.2) is 18.5 Å². The van der Waals surface area contributed by atoms with E-state index in [2.05, 4.69) is 19.2 Å². The van der Waals surface area contributed by atoms with Gasteiger partial charge in [-0.25, -0.2) is 0 Å². The molecule has 0 aromatic carbocycles. The largest absolute Gasteiger partial charge is 0.355 e. The average molecular weight is 250 g/mol. The molecule has 0 saturated carbocycles. The van der Waals surface area contributed by atoms with Crippen molar-refractivity contribution in [3.63, 3.8) is 0 Å². The fourth-order valence-corrected chi connectivity index (χ4v) is 1.63. The highest BCUT2D eigenvalue weighted by Crippen LogP contribution is 2.04. The molecular formula is C14H22N2O2. The number of amides is 1. The minimum atomic E-state index is -0.0123. The Labute approximate surface area is 108 Å². The quantitative estimate of drug-likeness (QED) is 0.754. The number of nitrogens with one attached hydrogen (secondary N) is 1. The smallest absolute Gasteiger partial charge is 0.239 e. The lowest BCUT2D eigenvalue weighted by atomic mass is 10.1. The molecule has 1 N–H and O–H groups in total. The maximum Gasteiger partial charge on any atom is 0.239 e. The van der Waals surface area contributed by atoms with Gasteiger partial charge in [0.2, 0.25) is 5.91 Å². The zero-order chi connectivity index (χ0) is 13.5. The van der Waals surface area contributed by atoms with Gasteiger partial charge in [-0.05, 0) is 18.4 Å². The molecule has 0 radical (unpaired) electrons. The van der Waals surface area contributed by atoms with Gasteiger partial charge in [0.15, 0.2) is 5.78 Å². The summed E-state index contributed by atoms with van der Waals surface area (Å²) in [5.74, 6) is 0.682. The van der Waals surface area contributed by atoms with E-state index in [9.17, 15) is 9.59 Å². The maximum atomic E-state index is 11.6. The number of hydrogen-bond donors (Lipinski definition) is 1. The van der Waals surface area contributed by atoms with Gasteiger partial charge < -0.3 is 9.88 Å². The first kappa shape index (κ1) is 14.5. The number of ketones is 1. The Kier molecular flexibility index (Phi) is 5.62. The van der Waals surface area contributed by atoms with Crippen LogP contribution in [0.1, 0.15) is 44.0 Å². The molecule has 100 valence electrons. The summed E-state index contributed by atoms with van der Waals surface area (Å²) < 4.78 is 1.74. The normalized spacial score (nSPS) is 10.7. The molecule has 0 bridgehead atoms. The third kappa shape index (κ3) is 4.73. The van der Waals surface area contributed by atoms with E-state index in [0.29, 0.717) is 24.4 Å². The van der Waals surface area contributed by atoms with Crippen LogP contribution >= 0.6 is 0 Å². The van der Waals surface area contributed by atoms with Gasteiger partial charge in [0.05, 0.1) is 0 Å². The molecule has 4 nitrogen and oxygen atoms in total. The molecule has 0 spiro atoms. The van der Waals surface area contributed by atoms with Gasteiger partial charge in [-0.15, -0.1) is 0 Å². The summed E-state index contributed by atoms with van der Waals surface area (Å²) in [6.45, 7) is 7.06. The number of carbonyl (C=O) groups is 2. The molecule has 0 atom stereocenters. The van der Waals surface area contributed by atoms with Gasteiger partial charge in [0.1, 0.15) is 6.54 Å². The van der Waals surface area contributed by atoms with Crippen molar-refractivity contribution in [1.82, 2.24) is 9.88 Å². The minimum absolute atomic E-state index is 0.0123. The number of carbonyl (C=O) groups excluding carboxylic acids is 2. The first-order valence-electron chi connectivity index (χ1n) is 6.48. The lowest BCUT2D eigenvalue weighted by Gasteiger charge is -2.07. The summed E-state index contributed by atoms with van der Waals surface area (Å²) >= 11 is 0. The molecule has 0 aliphatic heterocycles. The van der Waals surface area contributed by atoms with E-state index < -0.39 is 0 Å². The second kappa shape index (κ2) is 6.99. The van der Waals surface area contributed by atoms with Gasteiger partial charge >= 0.3 is 0 Å². The molecule has 0 fully saturated rings. The van der Waals surface area contributed by atoms with Crippen LogP contribution in [0.5, 0.6) is 0 Å². The van der Waals surface area contributed by atoms with Crippen LogP contribution in [0.2, 0.25) is 0 Å². The monoisotopic (exact) mass is 250 g/mol. The van der Waals surface area contributed by atoms with Crippen molar-refractivity contribution in [2.75, 3.05) is 6.54 Å². The molecule has 4 heteroatoms. The van der Waals surface area contributed by atoms with Gasteiger partial charge in [0.25, 0.3) is 0 Å². The van der Waals surface area contributed by atoms with E-state index in [1.54, 1.807) is 23.0 Å². The highest BCUT2D eigenvalue weighted by Gasteiger charge is 2.07. The Morgan fingerprint density at radius 3 is 2.72 bits per heavy atom. The fraction of sp³-hybridized carbons (Fsp3) is 0.571. The Morgan fingerprint density at radius 2 is 2.11 bits per heavy atom. The predicted molar refractivity (Wildman–Crippen MR) is 71.5 cm³/mol. The van der Waals surface area contributed by atoms with Crippen LogP contribution in [-0.4, -0.2) is 22.8 Å². The summed E-state index contributed by atoms with van der Waals surface area (Å²) in [5, 5.41) is 2.87. The molecule has 1 heterocycles. The highest BCUT2D eigenvalue weighted by molar-refractivity contribution is 5.95.